The van der Waals surface area contributed by atoms with E-state index >= 15 is 0 Å². The first-order valence-corrected chi connectivity index (χ1v) is 12.8. The second kappa shape index (κ2) is 11.6. The average molecular weight is 524 g/mol. The lowest BCUT2D eigenvalue weighted by molar-refractivity contribution is -0.137. The molecule has 10 nitrogen and oxygen atoms in total. The van der Waals surface area contributed by atoms with E-state index in [1.165, 1.54) is 0 Å². The standard InChI is InChI=1S/C24H36F3N9O/c1-17-20(16-36(32-17)18-5-10-33(2)11-6-18)30-23-29-15-19(24(25,26)27)22(31-23)28-8-4-9-35-14-13-34(3)12-7-21(35)37/h15-16,18H,4-14H2,1-3H3,(H2,28,29,30,31). The highest BCUT2D eigenvalue weighted by molar-refractivity contribution is 5.76. The number of likely N-dealkylation sites (N-methyl/N-ethyl adjacent to an activating group) is 1. The first-order chi connectivity index (χ1) is 17.6. The van der Waals surface area contributed by atoms with E-state index in [9.17, 15) is 18.0 Å². The number of amides is 1. The van der Waals surface area contributed by atoms with Crippen molar-refractivity contribution in [3.8, 4) is 0 Å². The van der Waals surface area contributed by atoms with Gasteiger partial charge >= 0.3 is 6.18 Å². The van der Waals surface area contributed by atoms with Gasteiger partial charge in [0.1, 0.15) is 11.4 Å². The van der Waals surface area contributed by atoms with Gasteiger partial charge in [0.05, 0.1) is 17.4 Å². The van der Waals surface area contributed by atoms with E-state index in [2.05, 4.69) is 42.5 Å². The summed E-state index contributed by atoms with van der Waals surface area (Å²) in [5, 5.41) is 10.5. The summed E-state index contributed by atoms with van der Waals surface area (Å²) in [6.45, 7) is 6.67. The van der Waals surface area contributed by atoms with Crippen LogP contribution in [0.1, 0.15) is 43.0 Å². The molecular formula is C24H36F3N9O. The van der Waals surface area contributed by atoms with E-state index in [-0.39, 0.29) is 30.3 Å². The molecule has 0 saturated carbocycles. The van der Waals surface area contributed by atoms with Crippen molar-refractivity contribution in [2.75, 3.05) is 70.5 Å². The number of halogens is 3. The van der Waals surface area contributed by atoms with Gasteiger partial charge in [0.25, 0.3) is 0 Å². The lowest BCUT2D eigenvalue weighted by atomic mass is 10.1. The Bertz CT molecular complexity index is 1070. The molecule has 0 aliphatic carbocycles. The summed E-state index contributed by atoms with van der Waals surface area (Å²) in [5.74, 6) is -0.149. The lowest BCUT2D eigenvalue weighted by Gasteiger charge is -2.28. The van der Waals surface area contributed by atoms with E-state index in [1.54, 1.807) is 4.90 Å². The smallest absolute Gasteiger partial charge is 0.369 e. The number of rotatable bonds is 8. The van der Waals surface area contributed by atoms with Gasteiger partial charge in [0, 0.05) is 51.5 Å². The van der Waals surface area contributed by atoms with Gasteiger partial charge in [-0.05, 0) is 53.4 Å². The van der Waals surface area contributed by atoms with Crippen molar-refractivity contribution in [2.45, 2.75) is 44.8 Å². The van der Waals surface area contributed by atoms with Crippen molar-refractivity contribution in [1.82, 2.24) is 34.4 Å². The highest BCUT2D eigenvalue weighted by atomic mass is 19.4. The van der Waals surface area contributed by atoms with Crippen molar-refractivity contribution < 1.29 is 18.0 Å². The second-order valence-corrected chi connectivity index (χ2v) is 9.94. The Hall–Kier alpha value is -2.93. The maximum absolute atomic E-state index is 13.6. The van der Waals surface area contributed by atoms with E-state index in [0.29, 0.717) is 31.6 Å². The Labute approximate surface area is 215 Å². The van der Waals surface area contributed by atoms with Crippen LogP contribution >= 0.6 is 0 Å². The van der Waals surface area contributed by atoms with Crippen molar-refractivity contribution >= 4 is 23.4 Å². The Morgan fingerprint density at radius 2 is 1.81 bits per heavy atom. The van der Waals surface area contributed by atoms with Crippen LogP contribution in [-0.2, 0) is 11.0 Å². The summed E-state index contributed by atoms with van der Waals surface area (Å²) in [6.07, 6.45) is 1.00. The SMILES string of the molecule is Cc1nn(C2CCN(C)CC2)cc1Nc1ncc(C(F)(F)F)c(NCCCN2CCN(C)CCC2=O)n1. The van der Waals surface area contributed by atoms with Crippen LogP contribution in [0.15, 0.2) is 12.4 Å². The molecule has 4 rings (SSSR count). The topological polar surface area (TPSA) is 94.5 Å². The number of anilines is 3. The zero-order chi connectivity index (χ0) is 26.6. The first-order valence-electron chi connectivity index (χ1n) is 12.8. The molecule has 0 radical (unpaired) electrons. The molecule has 0 spiro atoms. The van der Waals surface area contributed by atoms with Crippen molar-refractivity contribution in [2.24, 2.45) is 0 Å². The molecule has 0 bridgehead atoms. The molecule has 4 heterocycles. The quantitative estimate of drug-likeness (QED) is 0.510. The minimum absolute atomic E-state index is 0.0623. The predicted octanol–water partition coefficient (Wildman–Crippen LogP) is 2.98. The van der Waals surface area contributed by atoms with Crippen LogP contribution in [0.4, 0.5) is 30.6 Å². The molecule has 2 aromatic rings. The van der Waals surface area contributed by atoms with Gasteiger partial charge in [-0.1, -0.05) is 0 Å². The summed E-state index contributed by atoms with van der Waals surface area (Å²) < 4.78 is 42.8. The Balaban J connectivity index is 1.41. The number of hydrogen-bond donors (Lipinski definition) is 2. The van der Waals surface area contributed by atoms with Crippen molar-refractivity contribution in [1.29, 1.82) is 0 Å². The zero-order valence-corrected chi connectivity index (χ0v) is 21.7. The third kappa shape index (κ3) is 7.10. The third-order valence-electron chi connectivity index (χ3n) is 7.03. The van der Waals surface area contributed by atoms with Crippen molar-refractivity contribution in [3.63, 3.8) is 0 Å². The summed E-state index contributed by atoms with van der Waals surface area (Å²) in [6, 6.07) is 0.285. The van der Waals surface area contributed by atoms with Crippen LogP contribution in [0, 0.1) is 6.92 Å². The van der Waals surface area contributed by atoms with Crippen molar-refractivity contribution in [3.05, 3.63) is 23.7 Å². The highest BCUT2D eigenvalue weighted by Gasteiger charge is 2.35. The number of likely N-dealkylation sites (tertiary alicyclic amines) is 1. The fourth-order valence-corrected chi connectivity index (χ4v) is 4.64. The number of nitrogens with zero attached hydrogens (tertiary/aromatic N) is 7. The molecule has 0 aromatic carbocycles. The number of piperidine rings is 1. The van der Waals surface area contributed by atoms with Gasteiger partial charge in [-0.3, -0.25) is 9.48 Å². The lowest BCUT2D eigenvalue weighted by Crippen LogP contribution is -2.34. The van der Waals surface area contributed by atoms with E-state index in [1.807, 2.05) is 24.9 Å². The number of carbonyl (C=O) groups is 1. The normalized spacial score (nSPS) is 18.8. The van der Waals surface area contributed by atoms with E-state index in [0.717, 1.165) is 50.9 Å². The van der Waals surface area contributed by atoms with Crippen LogP contribution in [-0.4, -0.2) is 100 Å². The summed E-state index contributed by atoms with van der Waals surface area (Å²) in [5.41, 5.74) is 0.461. The Morgan fingerprint density at radius 3 is 2.54 bits per heavy atom. The van der Waals surface area contributed by atoms with Gasteiger partial charge in [-0.25, -0.2) is 4.98 Å². The van der Waals surface area contributed by atoms with Gasteiger partial charge in [0.15, 0.2) is 0 Å². The molecule has 2 aliphatic rings. The molecule has 2 N–H and O–H groups in total. The molecular weight excluding hydrogens is 487 g/mol. The highest BCUT2D eigenvalue weighted by Crippen LogP contribution is 2.34. The van der Waals surface area contributed by atoms with Gasteiger partial charge in [-0.15, -0.1) is 0 Å². The molecule has 0 unspecified atom stereocenters. The fourth-order valence-electron chi connectivity index (χ4n) is 4.64. The number of alkyl halides is 3. The maximum atomic E-state index is 13.6. The molecule has 13 heteroatoms. The molecule has 1 amide bonds. The number of nitrogens with one attached hydrogen (secondary N) is 2. The minimum atomic E-state index is -4.60. The van der Waals surface area contributed by atoms with Gasteiger partial charge in [0.2, 0.25) is 11.9 Å². The number of hydrogen-bond acceptors (Lipinski definition) is 8. The molecule has 0 atom stereocenters. The molecule has 2 aromatic heterocycles. The number of aryl methyl sites for hydroxylation is 1. The van der Waals surface area contributed by atoms with Crippen LogP contribution in [0.3, 0.4) is 0 Å². The first kappa shape index (κ1) is 27.1. The van der Waals surface area contributed by atoms with Gasteiger partial charge in [-0.2, -0.15) is 23.3 Å². The van der Waals surface area contributed by atoms with Crippen LogP contribution in [0.25, 0.3) is 0 Å². The Morgan fingerprint density at radius 1 is 1.08 bits per heavy atom. The second-order valence-electron chi connectivity index (χ2n) is 9.94. The Kier molecular flexibility index (Phi) is 8.53. The molecule has 2 fully saturated rings. The van der Waals surface area contributed by atoms with Crippen LogP contribution in [0.2, 0.25) is 0 Å². The number of aromatic nitrogens is 4. The van der Waals surface area contributed by atoms with Gasteiger partial charge < -0.3 is 25.3 Å². The van der Waals surface area contributed by atoms with Crippen LogP contribution < -0.4 is 10.6 Å². The number of carbonyl (C=O) groups excluding carboxylic acids is 1. The average Bonchev–Trinajstić information content (AvgIpc) is 3.12. The van der Waals surface area contributed by atoms with Crippen LogP contribution in [0.5, 0.6) is 0 Å². The zero-order valence-electron chi connectivity index (χ0n) is 21.7. The fraction of sp³-hybridized carbons (Fsp3) is 0.667. The maximum Gasteiger partial charge on any atom is 0.421 e. The molecule has 37 heavy (non-hydrogen) atoms. The monoisotopic (exact) mass is 523 g/mol. The largest absolute Gasteiger partial charge is 0.421 e. The molecule has 204 valence electrons. The molecule has 2 saturated heterocycles. The summed E-state index contributed by atoms with van der Waals surface area (Å²) in [4.78, 5) is 26.5. The minimum Gasteiger partial charge on any atom is -0.369 e. The summed E-state index contributed by atoms with van der Waals surface area (Å²) >= 11 is 0. The summed E-state index contributed by atoms with van der Waals surface area (Å²) in [7, 11) is 4.07. The predicted molar refractivity (Wildman–Crippen MR) is 135 cm³/mol. The third-order valence-corrected chi connectivity index (χ3v) is 7.03. The molecule has 2 aliphatic heterocycles. The van der Waals surface area contributed by atoms with E-state index < -0.39 is 11.7 Å². The van der Waals surface area contributed by atoms with E-state index in [4.69, 9.17) is 0 Å².